The molecule has 1 fully saturated rings. The molecular formula is C27H37N7O3S. The van der Waals surface area contributed by atoms with E-state index in [0.29, 0.717) is 29.5 Å². The number of amides is 1. The number of anilines is 2. The van der Waals surface area contributed by atoms with E-state index < -0.39 is 0 Å². The third-order valence-corrected chi connectivity index (χ3v) is 8.83. The van der Waals surface area contributed by atoms with Crippen molar-refractivity contribution >= 4 is 39.0 Å². The van der Waals surface area contributed by atoms with Gasteiger partial charge in [0, 0.05) is 31.9 Å². The van der Waals surface area contributed by atoms with Gasteiger partial charge in [0.25, 0.3) is 5.91 Å². The van der Waals surface area contributed by atoms with Crippen LogP contribution in [0.2, 0.25) is 0 Å². The monoisotopic (exact) mass is 539 g/mol. The Morgan fingerprint density at radius 2 is 1.97 bits per heavy atom. The number of hydrogen-bond acceptors (Lipinski definition) is 10. The number of nitrogen functional groups attached to an aromatic ring is 1. The highest BCUT2D eigenvalue weighted by molar-refractivity contribution is 7.21. The minimum absolute atomic E-state index is 0.00357. The Kier molecular flexibility index (Phi) is 7.54. The molecule has 0 saturated carbocycles. The number of aryl methyl sites for hydroxylation is 3. The van der Waals surface area contributed by atoms with Crippen LogP contribution in [0.15, 0.2) is 12.1 Å². The molecule has 0 aromatic carbocycles. The molecule has 5 N–H and O–H groups in total. The standard InChI is InChI=1S/C27H37N7O3S/c1-13-23-24(29)25(38-27(23)31-16(4)30-13)26(35)32-18-7-8-20-17(10-18)6-9-22(33-20)34-11-19(28)21(12-34)37-15(3)14(2)36-5/h6,9,14-15,18-19,21H,7-8,10-12,28-29H2,1-5H3,(H,32,35). The van der Waals surface area contributed by atoms with Crippen LogP contribution < -0.4 is 21.7 Å². The number of rotatable bonds is 7. The summed E-state index contributed by atoms with van der Waals surface area (Å²) in [6, 6.07) is 4.11. The van der Waals surface area contributed by atoms with Crippen molar-refractivity contribution in [3.8, 4) is 0 Å². The average molecular weight is 540 g/mol. The number of nitrogens with zero attached hydrogens (tertiary/aromatic N) is 4. The van der Waals surface area contributed by atoms with Gasteiger partial charge < -0.3 is 31.2 Å². The molecule has 5 atom stereocenters. The molecule has 5 unspecified atom stereocenters. The van der Waals surface area contributed by atoms with E-state index in [1.165, 1.54) is 11.3 Å². The zero-order valence-electron chi connectivity index (χ0n) is 22.7. The fourth-order valence-electron chi connectivity index (χ4n) is 5.36. The normalized spacial score (nSPS) is 22.9. The van der Waals surface area contributed by atoms with Gasteiger partial charge in [0.15, 0.2) is 0 Å². The molecule has 0 spiro atoms. The summed E-state index contributed by atoms with van der Waals surface area (Å²) < 4.78 is 11.6. The lowest BCUT2D eigenvalue weighted by atomic mass is 9.91. The van der Waals surface area contributed by atoms with Crippen LogP contribution in [0.4, 0.5) is 11.5 Å². The molecule has 204 valence electrons. The first-order valence-corrected chi connectivity index (χ1v) is 14.0. The first-order chi connectivity index (χ1) is 18.1. The topological polar surface area (TPSA) is 142 Å². The lowest BCUT2D eigenvalue weighted by Crippen LogP contribution is -2.40. The van der Waals surface area contributed by atoms with Crippen molar-refractivity contribution in [1.29, 1.82) is 0 Å². The number of methoxy groups -OCH3 is 1. The number of ether oxygens (including phenoxy) is 2. The Morgan fingerprint density at radius 1 is 1.18 bits per heavy atom. The largest absolute Gasteiger partial charge is 0.397 e. The molecule has 10 nitrogen and oxygen atoms in total. The van der Waals surface area contributed by atoms with Crippen LogP contribution >= 0.6 is 11.3 Å². The minimum atomic E-state index is -0.158. The van der Waals surface area contributed by atoms with Crippen LogP contribution in [0.5, 0.6) is 0 Å². The summed E-state index contributed by atoms with van der Waals surface area (Å²) in [7, 11) is 1.69. The van der Waals surface area contributed by atoms with Gasteiger partial charge in [-0.15, -0.1) is 11.3 Å². The molecule has 1 saturated heterocycles. The zero-order chi connectivity index (χ0) is 27.1. The molecule has 5 rings (SSSR count). The number of hydrogen-bond donors (Lipinski definition) is 3. The van der Waals surface area contributed by atoms with Crippen molar-refractivity contribution < 1.29 is 14.3 Å². The summed E-state index contributed by atoms with van der Waals surface area (Å²) in [4.78, 5) is 30.4. The van der Waals surface area contributed by atoms with Gasteiger partial charge in [0.1, 0.15) is 21.3 Å². The summed E-state index contributed by atoms with van der Waals surface area (Å²) in [6.07, 6.45) is 2.24. The second kappa shape index (κ2) is 10.7. The number of fused-ring (bicyclic) bond motifs is 2. The summed E-state index contributed by atoms with van der Waals surface area (Å²) in [5, 5.41) is 3.96. The van der Waals surface area contributed by atoms with Crippen molar-refractivity contribution in [3.63, 3.8) is 0 Å². The number of thiophene rings is 1. The number of nitrogens with one attached hydrogen (secondary N) is 1. The van der Waals surface area contributed by atoms with Gasteiger partial charge in [0.2, 0.25) is 0 Å². The quantitative estimate of drug-likeness (QED) is 0.413. The highest BCUT2D eigenvalue weighted by Crippen LogP contribution is 2.34. The maximum absolute atomic E-state index is 13.2. The molecule has 1 amide bonds. The SMILES string of the molecule is COC(C)C(C)OC1CN(c2ccc3c(n2)CCC(NC(=O)c2sc4nc(C)nc(C)c4c2N)C3)CC1N. The van der Waals surface area contributed by atoms with Gasteiger partial charge in [-0.3, -0.25) is 4.79 Å². The fraction of sp³-hybridized carbons (Fsp3) is 0.556. The second-order valence-corrected chi connectivity index (χ2v) is 11.5. The van der Waals surface area contributed by atoms with E-state index in [-0.39, 0.29) is 36.3 Å². The van der Waals surface area contributed by atoms with E-state index in [1.54, 1.807) is 7.11 Å². The van der Waals surface area contributed by atoms with Gasteiger partial charge in [-0.1, -0.05) is 6.07 Å². The second-order valence-electron chi connectivity index (χ2n) is 10.5. The van der Waals surface area contributed by atoms with Gasteiger partial charge in [-0.2, -0.15) is 0 Å². The van der Waals surface area contributed by atoms with Crippen LogP contribution in [-0.4, -0.2) is 71.5 Å². The maximum Gasteiger partial charge on any atom is 0.263 e. The van der Waals surface area contributed by atoms with Crippen molar-refractivity contribution in [1.82, 2.24) is 20.3 Å². The lowest BCUT2D eigenvalue weighted by molar-refractivity contribution is -0.0713. The van der Waals surface area contributed by atoms with Crippen LogP contribution in [-0.2, 0) is 22.3 Å². The maximum atomic E-state index is 13.2. The van der Waals surface area contributed by atoms with Crippen molar-refractivity contribution in [2.45, 2.75) is 77.4 Å². The molecule has 0 bridgehead atoms. The molecule has 11 heteroatoms. The highest BCUT2D eigenvalue weighted by Gasteiger charge is 2.34. The first-order valence-electron chi connectivity index (χ1n) is 13.2. The number of pyridine rings is 1. The highest BCUT2D eigenvalue weighted by atomic mass is 32.1. The average Bonchev–Trinajstić information content (AvgIpc) is 3.42. The number of nitrogens with two attached hydrogens (primary N) is 2. The summed E-state index contributed by atoms with van der Waals surface area (Å²) in [5.41, 5.74) is 16.2. The third-order valence-electron chi connectivity index (χ3n) is 7.73. The minimum Gasteiger partial charge on any atom is -0.397 e. The van der Waals surface area contributed by atoms with E-state index >= 15 is 0 Å². The van der Waals surface area contributed by atoms with E-state index in [2.05, 4.69) is 26.3 Å². The molecule has 38 heavy (non-hydrogen) atoms. The molecule has 2 aliphatic rings. The summed E-state index contributed by atoms with van der Waals surface area (Å²) in [6.45, 7) is 9.15. The van der Waals surface area contributed by atoms with Crippen LogP contribution in [0.1, 0.15) is 52.7 Å². The van der Waals surface area contributed by atoms with Gasteiger partial charge >= 0.3 is 0 Å². The Hall–Kier alpha value is -2.86. The zero-order valence-corrected chi connectivity index (χ0v) is 23.5. The van der Waals surface area contributed by atoms with Gasteiger partial charge in [-0.05, 0) is 58.6 Å². The van der Waals surface area contributed by atoms with E-state index in [1.807, 2.05) is 33.8 Å². The van der Waals surface area contributed by atoms with E-state index in [0.717, 1.165) is 52.2 Å². The van der Waals surface area contributed by atoms with Crippen molar-refractivity contribution in [2.24, 2.45) is 5.73 Å². The number of carbonyl (C=O) groups is 1. The molecular weight excluding hydrogens is 502 g/mol. The van der Waals surface area contributed by atoms with Crippen LogP contribution in [0.3, 0.4) is 0 Å². The van der Waals surface area contributed by atoms with E-state index in [4.69, 9.17) is 25.9 Å². The fourth-order valence-corrected chi connectivity index (χ4v) is 6.45. The summed E-state index contributed by atoms with van der Waals surface area (Å²) in [5.74, 6) is 1.44. The Labute approximate surface area is 227 Å². The lowest BCUT2D eigenvalue weighted by Gasteiger charge is -2.27. The van der Waals surface area contributed by atoms with Gasteiger partial charge in [-0.25, -0.2) is 15.0 Å². The van der Waals surface area contributed by atoms with Crippen molar-refractivity contribution in [3.05, 3.63) is 39.8 Å². The van der Waals surface area contributed by atoms with Crippen LogP contribution in [0.25, 0.3) is 10.2 Å². The molecule has 3 aromatic heterocycles. The molecule has 4 heterocycles. The predicted molar refractivity (Wildman–Crippen MR) is 150 cm³/mol. The smallest absolute Gasteiger partial charge is 0.263 e. The Morgan fingerprint density at radius 3 is 2.74 bits per heavy atom. The molecule has 1 aliphatic heterocycles. The number of carbonyl (C=O) groups excluding carboxylic acids is 1. The molecule has 1 aliphatic carbocycles. The van der Waals surface area contributed by atoms with Crippen LogP contribution in [0, 0.1) is 13.8 Å². The Bertz CT molecular complexity index is 1350. The predicted octanol–water partition coefficient (Wildman–Crippen LogP) is 2.53. The number of aromatic nitrogens is 3. The Balaban J connectivity index is 1.23. The first kappa shape index (κ1) is 26.7. The third kappa shape index (κ3) is 5.20. The van der Waals surface area contributed by atoms with E-state index in [9.17, 15) is 4.79 Å². The van der Waals surface area contributed by atoms with Crippen molar-refractivity contribution in [2.75, 3.05) is 30.8 Å². The molecule has 3 aromatic rings. The molecule has 0 radical (unpaired) electrons. The van der Waals surface area contributed by atoms with Gasteiger partial charge in [0.05, 0.1) is 41.1 Å². The summed E-state index contributed by atoms with van der Waals surface area (Å²) >= 11 is 1.32.